The fourth-order valence-corrected chi connectivity index (χ4v) is 2.13. The summed E-state index contributed by atoms with van der Waals surface area (Å²) >= 11 is 5.90. The van der Waals surface area contributed by atoms with Crippen molar-refractivity contribution < 1.29 is 0 Å². The molecule has 4 heteroatoms. The molecule has 1 aromatic heterocycles. The molecule has 0 radical (unpaired) electrons. The minimum Gasteiger partial charge on any atom is -0.361 e. The highest BCUT2D eigenvalue weighted by Crippen LogP contribution is 2.17. The van der Waals surface area contributed by atoms with Gasteiger partial charge in [-0.15, -0.1) is 0 Å². The number of anilines is 1. The first kappa shape index (κ1) is 11.8. The van der Waals surface area contributed by atoms with Crippen LogP contribution in [-0.2, 0) is 0 Å². The summed E-state index contributed by atoms with van der Waals surface area (Å²) in [4.78, 5) is 3.21. The quantitative estimate of drug-likeness (QED) is 0.541. The molecule has 0 unspecified atom stereocenters. The van der Waals surface area contributed by atoms with Crippen molar-refractivity contribution in [3.63, 3.8) is 0 Å². The zero-order chi connectivity index (χ0) is 13.1. The van der Waals surface area contributed by atoms with Gasteiger partial charge in [0.05, 0.1) is 11.9 Å². The van der Waals surface area contributed by atoms with Crippen LogP contribution in [0.1, 0.15) is 5.56 Å². The predicted molar refractivity (Wildman–Crippen MR) is 81.0 cm³/mol. The molecular formula is C15H12ClN3. The van der Waals surface area contributed by atoms with E-state index >= 15 is 0 Å². The number of benzene rings is 2. The molecule has 0 saturated heterocycles. The molecule has 19 heavy (non-hydrogen) atoms. The Balaban J connectivity index is 1.79. The molecule has 3 rings (SSSR count). The molecule has 94 valence electrons. The maximum atomic E-state index is 5.90. The van der Waals surface area contributed by atoms with Gasteiger partial charge in [0.2, 0.25) is 0 Å². The first-order valence-corrected chi connectivity index (χ1v) is 6.31. The van der Waals surface area contributed by atoms with Gasteiger partial charge in [0.1, 0.15) is 0 Å². The van der Waals surface area contributed by atoms with Crippen molar-refractivity contribution in [2.45, 2.75) is 0 Å². The standard InChI is InChI=1S/C15H12ClN3/c16-12-4-3-5-13(8-12)19-18-10-11-9-17-15-7-2-1-6-14(11)15/h1-10,17,19H/b18-10+. The van der Waals surface area contributed by atoms with E-state index in [-0.39, 0.29) is 0 Å². The Morgan fingerprint density at radius 3 is 2.89 bits per heavy atom. The lowest BCUT2D eigenvalue weighted by atomic mass is 10.2. The van der Waals surface area contributed by atoms with Crippen LogP contribution in [0.15, 0.2) is 59.8 Å². The van der Waals surface area contributed by atoms with Gasteiger partial charge in [-0.1, -0.05) is 35.9 Å². The Bertz CT molecular complexity index is 731. The highest BCUT2D eigenvalue weighted by atomic mass is 35.5. The third-order valence-electron chi connectivity index (χ3n) is 2.84. The number of para-hydroxylation sites is 1. The molecule has 0 fully saturated rings. The van der Waals surface area contributed by atoms with E-state index in [1.54, 1.807) is 6.21 Å². The second-order valence-corrected chi connectivity index (χ2v) is 4.61. The molecule has 0 aliphatic heterocycles. The van der Waals surface area contributed by atoms with Crippen molar-refractivity contribution in [3.8, 4) is 0 Å². The van der Waals surface area contributed by atoms with Gasteiger partial charge in [0, 0.05) is 27.7 Å². The predicted octanol–water partition coefficient (Wildman–Crippen LogP) is 4.27. The molecule has 2 aromatic carbocycles. The van der Waals surface area contributed by atoms with Gasteiger partial charge in [-0.2, -0.15) is 5.10 Å². The summed E-state index contributed by atoms with van der Waals surface area (Å²) in [5.41, 5.74) is 5.97. The van der Waals surface area contributed by atoms with E-state index in [4.69, 9.17) is 11.6 Å². The molecule has 0 amide bonds. The number of hydrazone groups is 1. The summed E-state index contributed by atoms with van der Waals surface area (Å²) in [5, 5.41) is 6.06. The lowest BCUT2D eigenvalue weighted by Crippen LogP contribution is -1.89. The SMILES string of the molecule is Clc1cccc(N/N=C/c2c[nH]c3ccccc23)c1. The molecule has 0 saturated carbocycles. The molecule has 2 N–H and O–H groups in total. The van der Waals surface area contributed by atoms with E-state index in [9.17, 15) is 0 Å². The van der Waals surface area contributed by atoms with E-state index in [1.165, 1.54) is 0 Å². The normalized spacial score (nSPS) is 11.2. The Kier molecular flexibility index (Phi) is 3.21. The van der Waals surface area contributed by atoms with Crippen LogP contribution in [-0.4, -0.2) is 11.2 Å². The van der Waals surface area contributed by atoms with Crippen molar-refractivity contribution in [2.24, 2.45) is 5.10 Å². The van der Waals surface area contributed by atoms with E-state index < -0.39 is 0 Å². The van der Waals surface area contributed by atoms with Gasteiger partial charge in [-0.05, 0) is 24.3 Å². The summed E-state index contributed by atoms with van der Waals surface area (Å²) < 4.78 is 0. The summed E-state index contributed by atoms with van der Waals surface area (Å²) in [6.45, 7) is 0. The van der Waals surface area contributed by atoms with Crippen molar-refractivity contribution in [3.05, 3.63) is 65.3 Å². The number of fused-ring (bicyclic) bond motifs is 1. The number of H-pyrrole nitrogens is 1. The Morgan fingerprint density at radius 1 is 1.11 bits per heavy atom. The number of aromatic amines is 1. The van der Waals surface area contributed by atoms with E-state index in [0.29, 0.717) is 5.02 Å². The van der Waals surface area contributed by atoms with Crippen molar-refractivity contribution >= 4 is 34.4 Å². The van der Waals surface area contributed by atoms with Crippen LogP contribution in [0.2, 0.25) is 5.02 Å². The summed E-state index contributed by atoms with van der Waals surface area (Å²) in [6.07, 6.45) is 3.73. The van der Waals surface area contributed by atoms with Crippen LogP contribution >= 0.6 is 11.6 Å². The molecule has 0 aliphatic carbocycles. The maximum Gasteiger partial charge on any atom is 0.0576 e. The van der Waals surface area contributed by atoms with Crippen molar-refractivity contribution in [2.75, 3.05) is 5.43 Å². The number of nitrogens with zero attached hydrogens (tertiary/aromatic N) is 1. The lowest BCUT2D eigenvalue weighted by molar-refractivity contribution is 1.35. The highest BCUT2D eigenvalue weighted by Gasteiger charge is 1.99. The topological polar surface area (TPSA) is 40.2 Å². The number of halogens is 1. The summed E-state index contributed by atoms with van der Waals surface area (Å²) in [7, 11) is 0. The van der Waals surface area contributed by atoms with Crippen LogP contribution < -0.4 is 5.43 Å². The smallest absolute Gasteiger partial charge is 0.0576 e. The van der Waals surface area contributed by atoms with Gasteiger partial charge in [-0.25, -0.2) is 0 Å². The van der Waals surface area contributed by atoms with Gasteiger partial charge in [0.25, 0.3) is 0 Å². The second-order valence-electron chi connectivity index (χ2n) is 4.17. The minimum absolute atomic E-state index is 0.687. The van der Waals surface area contributed by atoms with Gasteiger partial charge < -0.3 is 4.98 Å². The molecule has 1 heterocycles. The maximum absolute atomic E-state index is 5.90. The van der Waals surface area contributed by atoms with Crippen molar-refractivity contribution in [1.29, 1.82) is 0 Å². The first-order chi connectivity index (χ1) is 9.33. The van der Waals surface area contributed by atoms with Gasteiger partial charge in [-0.3, -0.25) is 5.43 Å². The van der Waals surface area contributed by atoms with E-state index in [1.807, 2.05) is 48.7 Å². The zero-order valence-corrected chi connectivity index (χ0v) is 10.9. The average Bonchev–Trinajstić information content (AvgIpc) is 2.83. The summed E-state index contributed by atoms with van der Waals surface area (Å²) in [6, 6.07) is 15.6. The Hall–Kier alpha value is -2.26. The summed E-state index contributed by atoms with van der Waals surface area (Å²) in [5.74, 6) is 0. The molecule has 0 aliphatic rings. The number of aromatic nitrogens is 1. The number of hydrogen-bond donors (Lipinski definition) is 2. The monoisotopic (exact) mass is 269 g/mol. The van der Waals surface area contributed by atoms with Crippen LogP contribution in [0.3, 0.4) is 0 Å². The van der Waals surface area contributed by atoms with E-state index in [0.717, 1.165) is 22.2 Å². The molecule has 0 atom stereocenters. The average molecular weight is 270 g/mol. The lowest BCUT2D eigenvalue weighted by Gasteiger charge is -1.99. The fourth-order valence-electron chi connectivity index (χ4n) is 1.94. The van der Waals surface area contributed by atoms with Crippen LogP contribution in [0.5, 0.6) is 0 Å². The van der Waals surface area contributed by atoms with E-state index in [2.05, 4.69) is 21.6 Å². The van der Waals surface area contributed by atoms with Gasteiger partial charge >= 0.3 is 0 Å². The number of nitrogens with one attached hydrogen (secondary N) is 2. The Labute approximate surface area is 115 Å². The number of hydrogen-bond acceptors (Lipinski definition) is 2. The molecule has 3 nitrogen and oxygen atoms in total. The van der Waals surface area contributed by atoms with Crippen LogP contribution in [0.4, 0.5) is 5.69 Å². The molecular weight excluding hydrogens is 258 g/mol. The molecule has 3 aromatic rings. The second kappa shape index (κ2) is 5.16. The first-order valence-electron chi connectivity index (χ1n) is 5.94. The van der Waals surface area contributed by atoms with Crippen molar-refractivity contribution in [1.82, 2.24) is 4.98 Å². The molecule has 0 spiro atoms. The Morgan fingerprint density at radius 2 is 2.00 bits per heavy atom. The van der Waals surface area contributed by atoms with Gasteiger partial charge in [0.15, 0.2) is 0 Å². The third kappa shape index (κ3) is 2.61. The fraction of sp³-hybridized carbons (Fsp3) is 0. The zero-order valence-electron chi connectivity index (χ0n) is 10.1. The van der Waals surface area contributed by atoms with Crippen LogP contribution in [0.25, 0.3) is 10.9 Å². The largest absolute Gasteiger partial charge is 0.361 e. The minimum atomic E-state index is 0.687. The third-order valence-corrected chi connectivity index (χ3v) is 3.08. The van der Waals surface area contributed by atoms with Crippen LogP contribution in [0, 0.1) is 0 Å². The highest BCUT2D eigenvalue weighted by molar-refractivity contribution is 6.30. The molecule has 0 bridgehead atoms. The number of rotatable bonds is 3.